The van der Waals surface area contributed by atoms with Crippen molar-refractivity contribution in [2.45, 2.75) is 0 Å². The predicted molar refractivity (Wildman–Crippen MR) is 84.8 cm³/mol. The number of carbonyl (C=O) groups excluding carboxylic acids is 2. The molecule has 2 aromatic carbocycles. The SMILES string of the molecule is O=C(/C=C/c1cc(Br)ccc1F)OCC(=O)c1cc(F)ccc1F. The maximum absolute atomic E-state index is 13.5. The summed E-state index contributed by atoms with van der Waals surface area (Å²) in [4.78, 5) is 23.3. The van der Waals surface area contributed by atoms with Crippen LogP contribution in [-0.2, 0) is 9.53 Å². The molecule has 0 radical (unpaired) electrons. The lowest BCUT2D eigenvalue weighted by molar-refractivity contribution is -0.136. The van der Waals surface area contributed by atoms with Crippen LogP contribution in [0.2, 0.25) is 0 Å². The summed E-state index contributed by atoms with van der Waals surface area (Å²) in [6.07, 6.45) is 2.11. The second kappa shape index (κ2) is 7.92. The largest absolute Gasteiger partial charge is 0.454 e. The first-order valence-electron chi connectivity index (χ1n) is 6.65. The van der Waals surface area contributed by atoms with Crippen molar-refractivity contribution in [1.82, 2.24) is 0 Å². The first-order chi connectivity index (χ1) is 11.4. The molecule has 0 N–H and O–H groups in total. The van der Waals surface area contributed by atoms with Gasteiger partial charge in [-0.2, -0.15) is 0 Å². The molecule has 24 heavy (non-hydrogen) atoms. The first kappa shape index (κ1) is 17.9. The second-order valence-corrected chi connectivity index (χ2v) is 5.57. The maximum atomic E-state index is 13.5. The number of esters is 1. The molecule has 0 spiro atoms. The molecule has 7 heteroatoms. The van der Waals surface area contributed by atoms with Gasteiger partial charge < -0.3 is 4.74 Å². The minimum absolute atomic E-state index is 0.142. The van der Waals surface area contributed by atoms with Crippen LogP contribution < -0.4 is 0 Å². The Morgan fingerprint density at radius 2 is 1.75 bits per heavy atom. The molecular weight excluding hydrogens is 389 g/mol. The van der Waals surface area contributed by atoms with E-state index in [0.717, 1.165) is 24.3 Å². The van der Waals surface area contributed by atoms with Gasteiger partial charge in [-0.1, -0.05) is 15.9 Å². The molecule has 0 heterocycles. The van der Waals surface area contributed by atoms with Gasteiger partial charge in [0.15, 0.2) is 6.61 Å². The van der Waals surface area contributed by atoms with E-state index in [1.165, 1.54) is 24.3 Å². The normalized spacial score (nSPS) is 10.8. The van der Waals surface area contributed by atoms with Gasteiger partial charge in [0.25, 0.3) is 0 Å². The molecule has 0 saturated heterocycles. The van der Waals surface area contributed by atoms with Crippen molar-refractivity contribution in [2.24, 2.45) is 0 Å². The van der Waals surface area contributed by atoms with Gasteiger partial charge in [0, 0.05) is 16.1 Å². The Labute approximate surface area is 143 Å². The van der Waals surface area contributed by atoms with E-state index < -0.39 is 41.4 Å². The van der Waals surface area contributed by atoms with E-state index in [1.54, 1.807) is 0 Å². The number of ether oxygens (including phenoxy) is 1. The van der Waals surface area contributed by atoms with Crippen LogP contribution in [0.15, 0.2) is 46.9 Å². The molecular formula is C17H10BrF3O3. The van der Waals surface area contributed by atoms with Crippen molar-refractivity contribution in [3.05, 3.63) is 75.5 Å². The zero-order valence-corrected chi connectivity index (χ0v) is 13.6. The Bertz CT molecular complexity index is 819. The number of rotatable bonds is 5. The van der Waals surface area contributed by atoms with E-state index in [4.69, 9.17) is 0 Å². The molecule has 3 nitrogen and oxygen atoms in total. The lowest BCUT2D eigenvalue weighted by atomic mass is 10.1. The molecule has 0 bridgehead atoms. The summed E-state index contributed by atoms with van der Waals surface area (Å²) >= 11 is 3.16. The number of hydrogen-bond acceptors (Lipinski definition) is 3. The van der Waals surface area contributed by atoms with Gasteiger partial charge in [-0.05, 0) is 42.5 Å². The maximum Gasteiger partial charge on any atom is 0.331 e. The van der Waals surface area contributed by atoms with Crippen molar-refractivity contribution in [1.29, 1.82) is 0 Å². The van der Waals surface area contributed by atoms with Crippen LogP contribution in [0.4, 0.5) is 13.2 Å². The van der Waals surface area contributed by atoms with E-state index in [-0.39, 0.29) is 5.56 Å². The summed E-state index contributed by atoms with van der Waals surface area (Å²) in [5.74, 6) is -4.04. The van der Waals surface area contributed by atoms with Crippen molar-refractivity contribution < 1.29 is 27.5 Å². The molecule has 2 rings (SSSR count). The van der Waals surface area contributed by atoms with Crippen molar-refractivity contribution in [3.63, 3.8) is 0 Å². The number of hydrogen-bond donors (Lipinski definition) is 0. The molecule has 124 valence electrons. The molecule has 0 amide bonds. The summed E-state index contributed by atoms with van der Waals surface area (Å²) in [6, 6.07) is 6.56. The topological polar surface area (TPSA) is 43.4 Å². The van der Waals surface area contributed by atoms with E-state index in [1.807, 2.05) is 0 Å². The summed E-state index contributed by atoms with van der Waals surface area (Å²) < 4.78 is 45.2. The fourth-order valence-corrected chi connectivity index (χ4v) is 2.15. The molecule has 0 aromatic heterocycles. The average molecular weight is 399 g/mol. The highest BCUT2D eigenvalue weighted by atomic mass is 79.9. The molecule has 0 fully saturated rings. The molecule has 0 atom stereocenters. The summed E-state index contributed by atoms with van der Waals surface area (Å²) in [7, 11) is 0. The molecule has 0 aliphatic rings. The Hall–Kier alpha value is -2.41. The van der Waals surface area contributed by atoms with Crippen LogP contribution in [0, 0.1) is 17.5 Å². The standard InChI is InChI=1S/C17H10BrF3O3/c18-11-2-4-14(20)10(7-11)1-6-17(23)24-9-16(22)13-8-12(19)3-5-15(13)21/h1-8H,9H2/b6-1+. The number of ketones is 1. The molecule has 0 unspecified atom stereocenters. The van der Waals surface area contributed by atoms with Crippen molar-refractivity contribution in [3.8, 4) is 0 Å². The molecule has 0 saturated carbocycles. The predicted octanol–water partition coefficient (Wildman–Crippen LogP) is 4.31. The van der Waals surface area contributed by atoms with Gasteiger partial charge in [-0.25, -0.2) is 18.0 Å². The Kier molecular flexibility index (Phi) is 5.92. The highest BCUT2D eigenvalue weighted by molar-refractivity contribution is 9.10. The Morgan fingerprint density at radius 1 is 1.04 bits per heavy atom. The fourth-order valence-electron chi connectivity index (χ4n) is 1.77. The summed E-state index contributed by atoms with van der Waals surface area (Å²) in [6.45, 7) is -0.759. The summed E-state index contributed by atoms with van der Waals surface area (Å²) in [5.41, 5.74) is -0.367. The highest BCUT2D eigenvalue weighted by Crippen LogP contribution is 2.17. The van der Waals surface area contributed by atoms with Gasteiger partial charge in [-0.3, -0.25) is 4.79 Å². The van der Waals surface area contributed by atoms with Crippen LogP contribution >= 0.6 is 15.9 Å². The third-order valence-corrected chi connectivity index (χ3v) is 3.42. The Balaban J connectivity index is 1.98. The van der Waals surface area contributed by atoms with Gasteiger partial charge in [0.05, 0.1) is 5.56 Å². The van der Waals surface area contributed by atoms with Crippen LogP contribution in [-0.4, -0.2) is 18.4 Å². The Morgan fingerprint density at radius 3 is 2.50 bits per heavy atom. The quantitative estimate of drug-likeness (QED) is 0.428. The van der Waals surface area contributed by atoms with Crippen molar-refractivity contribution in [2.75, 3.05) is 6.61 Å². The number of halogens is 4. The van der Waals surface area contributed by atoms with E-state index in [2.05, 4.69) is 20.7 Å². The van der Waals surface area contributed by atoms with Gasteiger partial charge >= 0.3 is 5.97 Å². The van der Waals surface area contributed by atoms with Crippen LogP contribution in [0.5, 0.6) is 0 Å². The van der Waals surface area contributed by atoms with Gasteiger partial charge in [-0.15, -0.1) is 0 Å². The minimum Gasteiger partial charge on any atom is -0.454 e. The van der Waals surface area contributed by atoms with Crippen LogP contribution in [0.1, 0.15) is 15.9 Å². The van der Waals surface area contributed by atoms with E-state index in [0.29, 0.717) is 4.47 Å². The highest BCUT2D eigenvalue weighted by Gasteiger charge is 2.14. The second-order valence-electron chi connectivity index (χ2n) is 4.65. The zero-order valence-electron chi connectivity index (χ0n) is 12.1. The monoisotopic (exact) mass is 398 g/mol. The lowest BCUT2D eigenvalue weighted by Gasteiger charge is -2.03. The third-order valence-electron chi connectivity index (χ3n) is 2.93. The van der Waals surface area contributed by atoms with E-state index in [9.17, 15) is 22.8 Å². The molecule has 0 aliphatic heterocycles. The zero-order chi connectivity index (χ0) is 17.7. The van der Waals surface area contributed by atoms with E-state index >= 15 is 0 Å². The molecule has 0 aliphatic carbocycles. The number of carbonyl (C=O) groups is 2. The minimum atomic E-state index is -0.917. The van der Waals surface area contributed by atoms with Crippen LogP contribution in [0.25, 0.3) is 6.08 Å². The van der Waals surface area contributed by atoms with Gasteiger partial charge in [0.2, 0.25) is 5.78 Å². The average Bonchev–Trinajstić information content (AvgIpc) is 2.55. The van der Waals surface area contributed by atoms with Gasteiger partial charge in [0.1, 0.15) is 17.5 Å². The summed E-state index contributed by atoms with van der Waals surface area (Å²) in [5, 5.41) is 0. The lowest BCUT2D eigenvalue weighted by Crippen LogP contribution is -2.14. The van der Waals surface area contributed by atoms with Crippen LogP contribution in [0.3, 0.4) is 0 Å². The fraction of sp³-hybridized carbons (Fsp3) is 0.0588. The first-order valence-corrected chi connectivity index (χ1v) is 7.44. The van der Waals surface area contributed by atoms with Crippen molar-refractivity contribution >= 4 is 33.8 Å². The number of Topliss-reactive ketones (excluding diaryl/α,β-unsaturated/α-hetero) is 1. The number of benzene rings is 2. The third kappa shape index (κ3) is 4.79. The molecule has 2 aromatic rings. The smallest absolute Gasteiger partial charge is 0.331 e.